The third-order valence-corrected chi connectivity index (χ3v) is 1.25. The Kier molecular flexibility index (Phi) is 6.66. The zero-order chi connectivity index (χ0) is 7.82. The van der Waals surface area contributed by atoms with E-state index in [4.69, 9.17) is 16.7 Å². The Bertz CT molecular complexity index is 127. The van der Waals surface area contributed by atoms with Gasteiger partial charge in [-0.25, -0.2) is 0 Å². The number of rotatable bonds is 4. The summed E-state index contributed by atoms with van der Waals surface area (Å²) in [5, 5.41) is 9.14. The van der Waals surface area contributed by atoms with Crippen molar-refractivity contribution in [1.82, 2.24) is 0 Å². The third kappa shape index (κ3) is 5.86. The lowest BCUT2D eigenvalue weighted by atomic mass is 10.3. The Morgan fingerprint density at radius 3 is 2.80 bits per heavy atom. The van der Waals surface area contributed by atoms with E-state index in [-0.39, 0.29) is 6.61 Å². The van der Waals surface area contributed by atoms with Crippen molar-refractivity contribution in [3.63, 3.8) is 0 Å². The molecule has 0 saturated carbocycles. The lowest BCUT2D eigenvalue weighted by Gasteiger charge is -1.86. The minimum atomic E-state index is 0.187. The summed E-state index contributed by atoms with van der Waals surface area (Å²) < 4.78 is 0. The highest BCUT2D eigenvalue weighted by atomic mass is 35.5. The van der Waals surface area contributed by atoms with Gasteiger partial charge in [0.05, 0.1) is 0 Å². The second-order valence-corrected chi connectivity index (χ2v) is 2.35. The molecule has 0 rings (SSSR count). The Morgan fingerprint density at radius 2 is 2.30 bits per heavy atom. The second kappa shape index (κ2) is 6.84. The van der Waals surface area contributed by atoms with Gasteiger partial charge in [-0.2, -0.15) is 0 Å². The lowest BCUT2D eigenvalue weighted by Crippen LogP contribution is -1.75. The van der Waals surface area contributed by atoms with Crippen LogP contribution in [0.2, 0.25) is 0 Å². The van der Waals surface area contributed by atoms with Crippen LogP contribution in [0.3, 0.4) is 0 Å². The van der Waals surface area contributed by atoms with E-state index in [9.17, 15) is 0 Å². The molecule has 1 N–H and O–H groups in total. The van der Waals surface area contributed by atoms with Crippen LogP contribution in [0.5, 0.6) is 0 Å². The molecular formula is C8H13ClO. The number of hydrogen-bond acceptors (Lipinski definition) is 1. The van der Waals surface area contributed by atoms with Crippen LogP contribution in [0.15, 0.2) is 23.3 Å². The molecule has 0 unspecified atom stereocenters. The van der Waals surface area contributed by atoms with Gasteiger partial charge >= 0.3 is 0 Å². The van der Waals surface area contributed by atoms with Gasteiger partial charge in [0.2, 0.25) is 0 Å². The summed E-state index contributed by atoms with van der Waals surface area (Å²) in [5.41, 5.74) is 0. The first-order valence-electron chi connectivity index (χ1n) is 3.44. The zero-order valence-electron chi connectivity index (χ0n) is 6.18. The van der Waals surface area contributed by atoms with Crippen LogP contribution in [0.25, 0.3) is 0 Å². The van der Waals surface area contributed by atoms with E-state index < -0.39 is 0 Å². The van der Waals surface area contributed by atoms with E-state index in [0.29, 0.717) is 6.42 Å². The van der Waals surface area contributed by atoms with Gasteiger partial charge in [-0.15, -0.1) is 0 Å². The number of aliphatic hydroxyl groups is 1. The summed E-state index contributed by atoms with van der Waals surface area (Å²) in [6.07, 6.45) is 7.21. The predicted molar refractivity (Wildman–Crippen MR) is 45.1 cm³/mol. The van der Waals surface area contributed by atoms with Crippen LogP contribution in [0.1, 0.15) is 19.8 Å². The highest BCUT2D eigenvalue weighted by molar-refractivity contribution is 6.31. The normalized spacial score (nSPS) is 12.9. The van der Waals surface area contributed by atoms with Gasteiger partial charge in [-0.05, 0) is 18.9 Å². The molecule has 0 aromatic carbocycles. The summed E-state index contributed by atoms with van der Waals surface area (Å²) in [7, 11) is 0. The largest absolute Gasteiger partial charge is 0.396 e. The third-order valence-electron chi connectivity index (χ3n) is 0.972. The van der Waals surface area contributed by atoms with Crippen molar-refractivity contribution < 1.29 is 5.11 Å². The van der Waals surface area contributed by atoms with Crippen molar-refractivity contribution in [2.24, 2.45) is 0 Å². The van der Waals surface area contributed by atoms with Crippen LogP contribution in [-0.4, -0.2) is 11.7 Å². The van der Waals surface area contributed by atoms with Crippen LogP contribution in [0.4, 0.5) is 0 Å². The average molecular weight is 161 g/mol. The van der Waals surface area contributed by atoms with E-state index >= 15 is 0 Å². The monoisotopic (exact) mass is 160 g/mol. The maximum atomic E-state index is 8.40. The van der Waals surface area contributed by atoms with Crippen LogP contribution in [-0.2, 0) is 0 Å². The van der Waals surface area contributed by atoms with Crippen LogP contribution < -0.4 is 0 Å². The Labute approximate surface area is 67.0 Å². The van der Waals surface area contributed by atoms with Gasteiger partial charge in [0.15, 0.2) is 0 Å². The first-order valence-corrected chi connectivity index (χ1v) is 3.82. The first kappa shape index (κ1) is 9.73. The van der Waals surface area contributed by atoms with Gasteiger partial charge in [0.1, 0.15) is 0 Å². The zero-order valence-corrected chi connectivity index (χ0v) is 6.93. The highest BCUT2D eigenvalue weighted by Gasteiger charge is 1.80. The molecule has 0 aromatic rings. The van der Waals surface area contributed by atoms with Gasteiger partial charge in [-0.1, -0.05) is 30.7 Å². The predicted octanol–water partition coefficient (Wildman–Crippen LogP) is 2.46. The molecule has 2 heteroatoms. The van der Waals surface area contributed by atoms with Crippen molar-refractivity contribution in [1.29, 1.82) is 0 Å². The number of halogens is 1. The molecule has 0 bridgehead atoms. The molecular weight excluding hydrogens is 148 g/mol. The maximum absolute atomic E-state index is 8.40. The first-order chi connectivity index (χ1) is 4.81. The fourth-order valence-electron chi connectivity index (χ4n) is 0.533. The van der Waals surface area contributed by atoms with Gasteiger partial charge in [0, 0.05) is 11.6 Å². The van der Waals surface area contributed by atoms with Crippen molar-refractivity contribution in [3.8, 4) is 0 Å². The Balaban J connectivity index is 3.55. The second-order valence-electron chi connectivity index (χ2n) is 1.91. The Morgan fingerprint density at radius 1 is 1.60 bits per heavy atom. The molecule has 0 radical (unpaired) electrons. The molecule has 0 fully saturated rings. The van der Waals surface area contributed by atoms with Crippen molar-refractivity contribution in [2.75, 3.05) is 6.61 Å². The molecule has 0 aliphatic carbocycles. The molecule has 0 heterocycles. The topological polar surface area (TPSA) is 20.2 Å². The van der Waals surface area contributed by atoms with Gasteiger partial charge in [-0.3, -0.25) is 0 Å². The highest BCUT2D eigenvalue weighted by Crippen LogP contribution is 2.04. The molecule has 58 valence electrons. The van der Waals surface area contributed by atoms with E-state index in [1.54, 1.807) is 6.08 Å². The molecule has 0 atom stereocenters. The van der Waals surface area contributed by atoms with Crippen LogP contribution >= 0.6 is 11.6 Å². The fraction of sp³-hybridized carbons (Fsp3) is 0.500. The number of hydrogen-bond donors (Lipinski definition) is 1. The summed E-state index contributed by atoms with van der Waals surface area (Å²) in [6.45, 7) is 2.22. The number of allylic oxidation sites excluding steroid dienone is 3. The lowest BCUT2D eigenvalue weighted by molar-refractivity contribution is 0.302. The minimum Gasteiger partial charge on any atom is -0.396 e. The fourth-order valence-corrected chi connectivity index (χ4v) is 0.777. The molecule has 1 nitrogen and oxygen atoms in total. The molecule has 10 heavy (non-hydrogen) atoms. The standard InChI is InChI=1S/C8H13ClO/c1-2-5-8(9)6-3-4-7-10/h3,5-6,10H,2,4,7H2,1H3/b6-3-,8-5+. The van der Waals surface area contributed by atoms with Crippen molar-refractivity contribution in [2.45, 2.75) is 19.8 Å². The van der Waals surface area contributed by atoms with E-state index in [0.717, 1.165) is 11.5 Å². The minimum absolute atomic E-state index is 0.187. The van der Waals surface area contributed by atoms with E-state index in [1.165, 1.54) is 0 Å². The quantitative estimate of drug-likeness (QED) is 0.627. The molecule has 0 saturated heterocycles. The van der Waals surface area contributed by atoms with Gasteiger partial charge < -0.3 is 5.11 Å². The smallest absolute Gasteiger partial charge is 0.0465 e. The van der Waals surface area contributed by atoms with Gasteiger partial charge in [0.25, 0.3) is 0 Å². The molecule has 0 aliphatic rings. The molecule has 0 aromatic heterocycles. The van der Waals surface area contributed by atoms with Crippen LogP contribution in [0, 0.1) is 0 Å². The summed E-state index contributed by atoms with van der Waals surface area (Å²) >= 11 is 5.71. The maximum Gasteiger partial charge on any atom is 0.0465 e. The summed E-state index contributed by atoms with van der Waals surface area (Å²) in [5.74, 6) is 0. The SMILES string of the molecule is CC/C=C(Cl)\C=C/CCO. The Hall–Kier alpha value is -0.270. The van der Waals surface area contributed by atoms with Crippen molar-refractivity contribution >= 4 is 11.6 Å². The van der Waals surface area contributed by atoms with E-state index in [1.807, 2.05) is 19.1 Å². The summed E-state index contributed by atoms with van der Waals surface area (Å²) in [4.78, 5) is 0. The number of aliphatic hydroxyl groups excluding tert-OH is 1. The molecule has 0 aliphatic heterocycles. The molecule has 0 amide bonds. The van der Waals surface area contributed by atoms with Crippen molar-refractivity contribution in [3.05, 3.63) is 23.3 Å². The summed E-state index contributed by atoms with van der Waals surface area (Å²) in [6, 6.07) is 0. The average Bonchev–Trinajstić information content (AvgIpc) is 1.89. The van der Waals surface area contributed by atoms with E-state index in [2.05, 4.69) is 0 Å². The molecule has 0 spiro atoms.